The molecule has 1 aromatic rings. The van der Waals surface area contributed by atoms with E-state index < -0.39 is 0 Å². The zero-order valence-corrected chi connectivity index (χ0v) is 12.4. The van der Waals surface area contributed by atoms with E-state index in [0.29, 0.717) is 30.6 Å². The summed E-state index contributed by atoms with van der Waals surface area (Å²) >= 11 is 0. The van der Waals surface area contributed by atoms with Crippen LogP contribution in [0, 0.1) is 5.92 Å². The van der Waals surface area contributed by atoms with Gasteiger partial charge in [0.15, 0.2) is 6.61 Å². The second kappa shape index (κ2) is 8.43. The van der Waals surface area contributed by atoms with Gasteiger partial charge in [-0.3, -0.25) is 4.79 Å². The van der Waals surface area contributed by atoms with E-state index >= 15 is 0 Å². The van der Waals surface area contributed by atoms with Gasteiger partial charge in [0.25, 0.3) is 5.91 Å². The van der Waals surface area contributed by atoms with Crippen LogP contribution in [0.5, 0.6) is 5.75 Å². The summed E-state index contributed by atoms with van der Waals surface area (Å²) in [5.41, 5.74) is 6.24. The first kappa shape index (κ1) is 16.3. The molecule has 0 saturated carbocycles. The van der Waals surface area contributed by atoms with Crippen molar-refractivity contribution in [2.24, 2.45) is 5.92 Å². The van der Waals surface area contributed by atoms with Gasteiger partial charge >= 0.3 is 0 Å². The van der Waals surface area contributed by atoms with Crippen molar-refractivity contribution in [1.29, 1.82) is 0 Å². The maximum absolute atomic E-state index is 11.8. The van der Waals surface area contributed by atoms with E-state index in [4.69, 9.17) is 15.2 Å². The number of hydrogen-bond acceptors (Lipinski definition) is 4. The Labute approximate surface area is 120 Å². The number of nitrogens with two attached hydrogens (primary N) is 1. The molecule has 3 N–H and O–H groups in total. The van der Waals surface area contributed by atoms with Crippen molar-refractivity contribution in [3.63, 3.8) is 0 Å². The largest absolute Gasteiger partial charge is 0.484 e. The number of rotatable bonds is 8. The molecule has 0 spiro atoms. The summed E-state index contributed by atoms with van der Waals surface area (Å²) in [6.07, 6.45) is 0. The van der Waals surface area contributed by atoms with E-state index in [2.05, 4.69) is 5.32 Å². The molecule has 0 bridgehead atoms. The highest BCUT2D eigenvalue weighted by molar-refractivity contribution is 5.77. The number of ether oxygens (including phenoxy) is 2. The van der Waals surface area contributed by atoms with Crippen molar-refractivity contribution in [2.45, 2.75) is 26.8 Å². The fourth-order valence-corrected chi connectivity index (χ4v) is 1.61. The van der Waals surface area contributed by atoms with Crippen molar-refractivity contribution in [2.75, 3.05) is 25.6 Å². The smallest absolute Gasteiger partial charge is 0.258 e. The first-order valence-corrected chi connectivity index (χ1v) is 6.88. The summed E-state index contributed by atoms with van der Waals surface area (Å²) in [6, 6.07) is 6.95. The highest BCUT2D eigenvalue weighted by atomic mass is 16.5. The Bertz CT molecular complexity index is 404. The van der Waals surface area contributed by atoms with Crippen LogP contribution in [0.25, 0.3) is 0 Å². The number of anilines is 1. The van der Waals surface area contributed by atoms with Crippen LogP contribution in [0.3, 0.4) is 0 Å². The minimum atomic E-state index is -0.153. The summed E-state index contributed by atoms with van der Waals surface area (Å²) in [5.74, 6) is 0.780. The van der Waals surface area contributed by atoms with Gasteiger partial charge in [-0.25, -0.2) is 0 Å². The lowest BCUT2D eigenvalue weighted by atomic mass is 10.1. The summed E-state index contributed by atoms with van der Waals surface area (Å²) < 4.78 is 10.8. The number of carbonyl (C=O) groups excluding carboxylic acids is 1. The van der Waals surface area contributed by atoms with Gasteiger partial charge in [0, 0.05) is 12.3 Å². The molecule has 0 heterocycles. The van der Waals surface area contributed by atoms with Crippen LogP contribution < -0.4 is 15.8 Å². The van der Waals surface area contributed by atoms with E-state index in [0.717, 1.165) is 0 Å². The standard InChI is InChI=1S/C15H24N2O3/c1-4-19-9-14(11(2)3)17-15(18)10-20-13-7-5-12(16)6-8-13/h5-8,11,14H,4,9-10,16H2,1-3H3,(H,17,18). The molecular weight excluding hydrogens is 256 g/mol. The van der Waals surface area contributed by atoms with Crippen LogP contribution >= 0.6 is 0 Å². The summed E-state index contributed by atoms with van der Waals surface area (Å²) in [4.78, 5) is 11.8. The number of benzene rings is 1. The third kappa shape index (κ3) is 5.93. The first-order chi connectivity index (χ1) is 9.52. The minimum Gasteiger partial charge on any atom is -0.484 e. The molecule has 20 heavy (non-hydrogen) atoms. The highest BCUT2D eigenvalue weighted by Crippen LogP contribution is 2.12. The lowest BCUT2D eigenvalue weighted by Gasteiger charge is -2.22. The van der Waals surface area contributed by atoms with Crippen LogP contribution in [0.2, 0.25) is 0 Å². The number of carbonyl (C=O) groups is 1. The molecule has 1 aromatic carbocycles. The fourth-order valence-electron chi connectivity index (χ4n) is 1.61. The van der Waals surface area contributed by atoms with E-state index in [-0.39, 0.29) is 18.6 Å². The molecule has 0 aromatic heterocycles. The Balaban J connectivity index is 2.39. The maximum Gasteiger partial charge on any atom is 0.258 e. The zero-order chi connectivity index (χ0) is 15.0. The molecule has 1 amide bonds. The minimum absolute atomic E-state index is 0.00234. The van der Waals surface area contributed by atoms with Crippen LogP contribution in [0.4, 0.5) is 5.69 Å². The lowest BCUT2D eigenvalue weighted by Crippen LogP contribution is -2.43. The topological polar surface area (TPSA) is 73.6 Å². The Morgan fingerprint density at radius 2 is 1.95 bits per heavy atom. The monoisotopic (exact) mass is 280 g/mol. The van der Waals surface area contributed by atoms with E-state index in [1.807, 2.05) is 20.8 Å². The molecule has 5 heteroatoms. The molecule has 1 atom stereocenters. The molecule has 0 saturated heterocycles. The average molecular weight is 280 g/mol. The number of nitrogens with one attached hydrogen (secondary N) is 1. The molecule has 112 valence electrons. The average Bonchev–Trinajstić information content (AvgIpc) is 2.42. The first-order valence-electron chi connectivity index (χ1n) is 6.88. The van der Waals surface area contributed by atoms with Crippen molar-refractivity contribution < 1.29 is 14.3 Å². The van der Waals surface area contributed by atoms with Gasteiger partial charge in [-0.15, -0.1) is 0 Å². The SMILES string of the molecule is CCOCC(NC(=O)COc1ccc(N)cc1)C(C)C. The van der Waals surface area contributed by atoms with Crippen LogP contribution in [-0.4, -0.2) is 31.8 Å². The second-order valence-electron chi connectivity index (χ2n) is 4.94. The molecular formula is C15H24N2O3. The number of amides is 1. The summed E-state index contributed by atoms with van der Waals surface area (Å²) in [6.45, 7) is 7.17. The molecule has 1 unspecified atom stereocenters. The van der Waals surface area contributed by atoms with Gasteiger partial charge in [-0.2, -0.15) is 0 Å². The third-order valence-electron chi connectivity index (χ3n) is 2.90. The third-order valence-corrected chi connectivity index (χ3v) is 2.90. The normalized spacial score (nSPS) is 12.2. The highest BCUT2D eigenvalue weighted by Gasteiger charge is 2.16. The van der Waals surface area contributed by atoms with E-state index in [9.17, 15) is 4.79 Å². The molecule has 5 nitrogen and oxygen atoms in total. The van der Waals surface area contributed by atoms with Crippen molar-refractivity contribution >= 4 is 11.6 Å². The van der Waals surface area contributed by atoms with Gasteiger partial charge in [-0.05, 0) is 37.1 Å². The van der Waals surface area contributed by atoms with E-state index in [1.165, 1.54) is 0 Å². The molecule has 1 rings (SSSR count). The Morgan fingerprint density at radius 3 is 2.50 bits per heavy atom. The lowest BCUT2D eigenvalue weighted by molar-refractivity contribution is -0.124. The van der Waals surface area contributed by atoms with Gasteiger partial charge in [0.05, 0.1) is 12.6 Å². The predicted octanol–water partition coefficient (Wildman–Crippen LogP) is 1.82. The van der Waals surface area contributed by atoms with E-state index in [1.54, 1.807) is 24.3 Å². The van der Waals surface area contributed by atoms with Crippen molar-refractivity contribution in [3.05, 3.63) is 24.3 Å². The second-order valence-corrected chi connectivity index (χ2v) is 4.94. The Morgan fingerprint density at radius 1 is 1.30 bits per heavy atom. The van der Waals surface area contributed by atoms with Crippen LogP contribution in [0.15, 0.2) is 24.3 Å². The number of nitrogen functional groups attached to an aromatic ring is 1. The Kier molecular flexibility index (Phi) is 6.87. The van der Waals surface area contributed by atoms with Gasteiger partial charge in [0.2, 0.25) is 0 Å². The molecule has 0 aliphatic carbocycles. The number of hydrogen-bond donors (Lipinski definition) is 2. The summed E-state index contributed by atoms with van der Waals surface area (Å²) in [7, 11) is 0. The molecule has 0 radical (unpaired) electrons. The van der Waals surface area contributed by atoms with Gasteiger partial charge in [-0.1, -0.05) is 13.8 Å². The fraction of sp³-hybridized carbons (Fsp3) is 0.533. The Hall–Kier alpha value is -1.75. The molecule has 0 fully saturated rings. The quantitative estimate of drug-likeness (QED) is 0.712. The zero-order valence-electron chi connectivity index (χ0n) is 12.4. The van der Waals surface area contributed by atoms with Crippen LogP contribution in [0.1, 0.15) is 20.8 Å². The molecule has 0 aliphatic heterocycles. The van der Waals surface area contributed by atoms with Crippen molar-refractivity contribution in [3.8, 4) is 5.75 Å². The van der Waals surface area contributed by atoms with Crippen molar-refractivity contribution in [1.82, 2.24) is 5.32 Å². The maximum atomic E-state index is 11.8. The van der Waals surface area contributed by atoms with Crippen LogP contribution in [-0.2, 0) is 9.53 Å². The summed E-state index contributed by atoms with van der Waals surface area (Å²) in [5, 5.41) is 2.92. The van der Waals surface area contributed by atoms with Gasteiger partial charge < -0.3 is 20.5 Å². The molecule has 0 aliphatic rings. The predicted molar refractivity (Wildman–Crippen MR) is 79.6 cm³/mol. The van der Waals surface area contributed by atoms with Gasteiger partial charge in [0.1, 0.15) is 5.75 Å².